The summed E-state index contributed by atoms with van der Waals surface area (Å²) in [6.45, 7) is 9.31. The van der Waals surface area contributed by atoms with Crippen molar-refractivity contribution < 1.29 is 0 Å². The Bertz CT molecular complexity index is 738. The minimum Gasteiger partial charge on any atom is -0.103 e. The third kappa shape index (κ3) is 9.89. The topological polar surface area (TPSA) is 0 Å². The number of allylic oxidation sites excluding steroid dienone is 2. The summed E-state index contributed by atoms with van der Waals surface area (Å²) in [6.07, 6.45) is 8.84. The summed E-state index contributed by atoms with van der Waals surface area (Å²) in [4.78, 5) is 0. The van der Waals surface area contributed by atoms with Gasteiger partial charge < -0.3 is 0 Å². The minimum atomic E-state index is 0.973. The number of rotatable bonds is 4. The van der Waals surface area contributed by atoms with Crippen LogP contribution in [-0.2, 0) is 6.42 Å². The fourth-order valence-corrected chi connectivity index (χ4v) is 2.13. The number of benzene rings is 3. The van der Waals surface area contributed by atoms with Crippen molar-refractivity contribution in [3.8, 4) is 0 Å². The maximum absolute atomic E-state index is 3.66. The molecule has 0 N–H and O–H groups in total. The van der Waals surface area contributed by atoms with Crippen LogP contribution in [0.2, 0.25) is 0 Å². The largest absolute Gasteiger partial charge is 0.103 e. The summed E-state index contributed by atoms with van der Waals surface area (Å²) in [6, 6.07) is 30.6. The fraction of sp³-hybridized carbons (Fsp3) is 0.0769. The van der Waals surface area contributed by atoms with Crippen LogP contribution in [0.4, 0.5) is 0 Å². The molecule has 26 heavy (non-hydrogen) atoms. The predicted octanol–water partition coefficient (Wildman–Crippen LogP) is 7.46. The molecule has 0 saturated heterocycles. The minimum absolute atomic E-state index is 0.973. The maximum atomic E-state index is 3.66. The summed E-state index contributed by atoms with van der Waals surface area (Å²) in [5.41, 5.74) is 3.76. The van der Waals surface area contributed by atoms with Gasteiger partial charge in [0.05, 0.1) is 0 Å². The maximum Gasteiger partial charge on any atom is -0.0100 e. The number of hydrogen-bond acceptors (Lipinski definition) is 0. The molecular formula is C26H28. The van der Waals surface area contributed by atoms with Crippen LogP contribution in [0.25, 0.3) is 12.2 Å². The van der Waals surface area contributed by atoms with Gasteiger partial charge in [-0.3, -0.25) is 0 Å². The van der Waals surface area contributed by atoms with Gasteiger partial charge in [-0.1, -0.05) is 122 Å². The van der Waals surface area contributed by atoms with Gasteiger partial charge in [-0.15, -0.1) is 6.58 Å². The van der Waals surface area contributed by atoms with Gasteiger partial charge in [0.25, 0.3) is 0 Å². The molecule has 0 heteroatoms. The molecule has 0 saturated carbocycles. The van der Waals surface area contributed by atoms with Crippen molar-refractivity contribution in [3.05, 3.63) is 133 Å². The zero-order chi connectivity index (χ0) is 18.9. The summed E-state index contributed by atoms with van der Waals surface area (Å²) >= 11 is 0. The smallest absolute Gasteiger partial charge is 0.0100 e. The summed E-state index contributed by atoms with van der Waals surface area (Å²) in [7, 11) is 0. The molecule has 0 aliphatic rings. The van der Waals surface area contributed by atoms with Gasteiger partial charge in [0, 0.05) is 0 Å². The second-order valence-electron chi connectivity index (χ2n) is 5.50. The van der Waals surface area contributed by atoms with E-state index in [1.165, 1.54) is 16.7 Å². The van der Waals surface area contributed by atoms with Crippen LogP contribution >= 0.6 is 0 Å². The second-order valence-corrected chi connectivity index (χ2v) is 5.50. The summed E-state index contributed by atoms with van der Waals surface area (Å²) in [5.74, 6) is 0. The number of hydrogen-bond donors (Lipinski definition) is 0. The van der Waals surface area contributed by atoms with Crippen LogP contribution in [0.5, 0.6) is 0 Å². The average Bonchev–Trinajstić information content (AvgIpc) is 2.72. The molecule has 0 spiro atoms. The molecule has 0 nitrogen and oxygen atoms in total. The van der Waals surface area contributed by atoms with Crippen molar-refractivity contribution in [3.63, 3.8) is 0 Å². The van der Waals surface area contributed by atoms with E-state index in [4.69, 9.17) is 0 Å². The zero-order valence-electron chi connectivity index (χ0n) is 15.6. The summed E-state index contributed by atoms with van der Waals surface area (Å²) < 4.78 is 0. The third-order valence-electron chi connectivity index (χ3n) is 3.42. The molecule has 0 fully saturated rings. The van der Waals surface area contributed by atoms with Crippen molar-refractivity contribution >= 4 is 12.2 Å². The quantitative estimate of drug-likeness (QED) is 0.432. The third-order valence-corrected chi connectivity index (χ3v) is 3.42. The first-order valence-corrected chi connectivity index (χ1v) is 8.80. The molecule has 0 atom stereocenters. The van der Waals surface area contributed by atoms with E-state index in [0.717, 1.165) is 6.42 Å². The Balaban J connectivity index is 0.000000195. The Morgan fingerprint density at radius 2 is 1.12 bits per heavy atom. The molecule has 0 amide bonds. The Morgan fingerprint density at radius 1 is 0.654 bits per heavy atom. The zero-order valence-corrected chi connectivity index (χ0v) is 15.6. The van der Waals surface area contributed by atoms with E-state index in [1.807, 2.05) is 91.9 Å². The molecule has 0 aliphatic carbocycles. The molecule has 132 valence electrons. The Kier molecular flexibility index (Phi) is 11.5. The molecule has 0 aromatic heterocycles. The highest BCUT2D eigenvalue weighted by Crippen LogP contribution is 2.00. The Hall–Kier alpha value is -3.12. The standard InChI is InChI=1S/2C9H10.C8H8/c2*1-2-6-9-7-4-3-5-8-9;1-2-8-6-4-3-5-7-8/h2-8H,1H3;2-5,7-8H,1,6H2;2-7H,1H2. The molecule has 3 aromatic rings. The average molecular weight is 341 g/mol. The first kappa shape index (κ1) is 20.9. The van der Waals surface area contributed by atoms with E-state index < -0.39 is 0 Å². The lowest BCUT2D eigenvalue weighted by molar-refractivity contribution is 1.28. The molecule has 0 heterocycles. The van der Waals surface area contributed by atoms with E-state index >= 15 is 0 Å². The highest BCUT2D eigenvalue weighted by molar-refractivity contribution is 5.48. The molecule has 0 aliphatic heterocycles. The SMILES string of the molecule is C=CCc1ccccc1.C=Cc1ccccc1.CC=Cc1ccccc1. The van der Waals surface area contributed by atoms with Crippen LogP contribution < -0.4 is 0 Å². The first-order chi connectivity index (χ1) is 12.8. The lowest BCUT2D eigenvalue weighted by Crippen LogP contribution is -1.75. The van der Waals surface area contributed by atoms with E-state index in [2.05, 4.69) is 43.5 Å². The van der Waals surface area contributed by atoms with Crippen molar-refractivity contribution in [2.24, 2.45) is 0 Å². The van der Waals surface area contributed by atoms with Crippen molar-refractivity contribution in [1.82, 2.24) is 0 Å². The van der Waals surface area contributed by atoms with Crippen molar-refractivity contribution in [1.29, 1.82) is 0 Å². The van der Waals surface area contributed by atoms with E-state index in [9.17, 15) is 0 Å². The van der Waals surface area contributed by atoms with Gasteiger partial charge in [0.15, 0.2) is 0 Å². The van der Waals surface area contributed by atoms with Crippen LogP contribution in [0, 0.1) is 0 Å². The lowest BCUT2D eigenvalue weighted by Gasteiger charge is -1.91. The van der Waals surface area contributed by atoms with Gasteiger partial charge in [0.1, 0.15) is 0 Å². The Morgan fingerprint density at radius 3 is 1.50 bits per heavy atom. The fourth-order valence-electron chi connectivity index (χ4n) is 2.13. The predicted molar refractivity (Wildman–Crippen MR) is 118 cm³/mol. The second kappa shape index (κ2) is 14.2. The van der Waals surface area contributed by atoms with Crippen LogP contribution in [-0.4, -0.2) is 0 Å². The van der Waals surface area contributed by atoms with Crippen molar-refractivity contribution in [2.45, 2.75) is 13.3 Å². The van der Waals surface area contributed by atoms with E-state index in [0.29, 0.717) is 0 Å². The molecule has 3 aromatic carbocycles. The molecule has 0 radical (unpaired) electrons. The van der Waals surface area contributed by atoms with Crippen LogP contribution in [0.15, 0.2) is 116 Å². The highest BCUT2D eigenvalue weighted by atomic mass is 13.9. The summed E-state index contributed by atoms with van der Waals surface area (Å²) in [5, 5.41) is 0. The van der Waals surface area contributed by atoms with Gasteiger partial charge in [-0.2, -0.15) is 0 Å². The molecule has 0 bridgehead atoms. The van der Waals surface area contributed by atoms with Gasteiger partial charge in [0.2, 0.25) is 0 Å². The van der Waals surface area contributed by atoms with Crippen LogP contribution in [0.3, 0.4) is 0 Å². The van der Waals surface area contributed by atoms with Gasteiger partial charge >= 0.3 is 0 Å². The monoisotopic (exact) mass is 340 g/mol. The molecular weight excluding hydrogens is 312 g/mol. The Labute approximate surface area is 158 Å². The highest BCUT2D eigenvalue weighted by Gasteiger charge is 1.82. The van der Waals surface area contributed by atoms with E-state index in [-0.39, 0.29) is 0 Å². The first-order valence-electron chi connectivity index (χ1n) is 8.80. The van der Waals surface area contributed by atoms with Crippen LogP contribution in [0.1, 0.15) is 23.6 Å². The van der Waals surface area contributed by atoms with Gasteiger partial charge in [-0.25, -0.2) is 0 Å². The molecule has 3 rings (SSSR count). The normalized spacial score (nSPS) is 9.27. The lowest BCUT2D eigenvalue weighted by atomic mass is 10.2. The van der Waals surface area contributed by atoms with Gasteiger partial charge in [-0.05, 0) is 30.0 Å². The van der Waals surface area contributed by atoms with E-state index in [1.54, 1.807) is 0 Å². The molecule has 0 unspecified atom stereocenters. The van der Waals surface area contributed by atoms with Crippen molar-refractivity contribution in [2.75, 3.05) is 0 Å².